The molecule has 0 aromatic carbocycles. The second-order valence-corrected chi connectivity index (χ2v) is 7.60. The van der Waals surface area contributed by atoms with Crippen LogP contribution in [-0.2, 0) is 0 Å². The van der Waals surface area contributed by atoms with Crippen LogP contribution < -0.4 is 10.6 Å². The number of carbonyl (C=O) groups is 1. The minimum Gasteiger partial charge on any atom is -0.512 e. The summed E-state index contributed by atoms with van der Waals surface area (Å²) in [4.78, 5) is 14.3. The van der Waals surface area contributed by atoms with Crippen molar-refractivity contribution in [1.82, 2.24) is 15.5 Å². The van der Waals surface area contributed by atoms with Crippen LogP contribution in [0, 0.1) is 0 Å². The SMILES string of the molecule is C=C/C(=C\SC)C[C@@H](C)NC(=O)NCC(CC1=CC=C(O)CC1)N(C)C.CC. The van der Waals surface area contributed by atoms with Crippen LogP contribution in [0.15, 0.2) is 47.1 Å². The van der Waals surface area contributed by atoms with Gasteiger partial charge in [0.05, 0.1) is 5.76 Å². The van der Waals surface area contributed by atoms with E-state index in [1.54, 1.807) is 17.8 Å². The first-order valence-electron chi connectivity index (χ1n) is 9.98. The molecule has 1 aliphatic carbocycles. The Kier molecular flexibility index (Phi) is 14.4. The maximum atomic E-state index is 12.2. The molecule has 28 heavy (non-hydrogen) atoms. The fraction of sp³-hybridized carbons (Fsp3) is 0.591. The van der Waals surface area contributed by atoms with Crippen LogP contribution in [0.3, 0.4) is 0 Å². The summed E-state index contributed by atoms with van der Waals surface area (Å²) in [5.74, 6) is 0.441. The van der Waals surface area contributed by atoms with Gasteiger partial charge >= 0.3 is 6.03 Å². The Balaban J connectivity index is 0.00000352. The Labute approximate surface area is 176 Å². The number of urea groups is 1. The van der Waals surface area contributed by atoms with Crippen molar-refractivity contribution in [3.63, 3.8) is 0 Å². The number of aliphatic hydroxyl groups is 1. The zero-order valence-corrected chi connectivity index (χ0v) is 19.2. The zero-order chi connectivity index (χ0) is 21.5. The van der Waals surface area contributed by atoms with Gasteiger partial charge in [-0.1, -0.05) is 38.2 Å². The molecule has 3 N–H and O–H groups in total. The molecule has 2 amide bonds. The number of nitrogens with zero attached hydrogens (tertiary/aromatic N) is 1. The Hall–Kier alpha value is -1.66. The topological polar surface area (TPSA) is 64.6 Å². The molecule has 0 heterocycles. The number of hydrogen-bond acceptors (Lipinski definition) is 4. The number of carbonyl (C=O) groups excluding carboxylic acids is 1. The molecule has 160 valence electrons. The van der Waals surface area contributed by atoms with Crippen LogP contribution in [0.5, 0.6) is 0 Å². The van der Waals surface area contributed by atoms with Crippen molar-refractivity contribution in [3.8, 4) is 0 Å². The van der Waals surface area contributed by atoms with Crippen LogP contribution in [0.25, 0.3) is 0 Å². The second kappa shape index (κ2) is 15.3. The van der Waals surface area contributed by atoms with Gasteiger partial charge in [0, 0.05) is 25.0 Å². The molecule has 0 saturated heterocycles. The molecule has 0 aromatic heterocycles. The Bertz CT molecular complexity index is 568. The van der Waals surface area contributed by atoms with Gasteiger partial charge in [0.15, 0.2) is 0 Å². The smallest absolute Gasteiger partial charge is 0.315 e. The molecule has 1 aliphatic rings. The summed E-state index contributed by atoms with van der Waals surface area (Å²) in [5.41, 5.74) is 2.42. The molecule has 1 unspecified atom stereocenters. The van der Waals surface area contributed by atoms with Crippen LogP contribution in [-0.4, -0.2) is 55.0 Å². The first-order valence-corrected chi connectivity index (χ1v) is 11.3. The summed E-state index contributed by atoms with van der Waals surface area (Å²) in [7, 11) is 4.04. The summed E-state index contributed by atoms with van der Waals surface area (Å²) < 4.78 is 0. The minimum absolute atomic E-state index is 0.0402. The number of rotatable bonds is 10. The number of allylic oxidation sites excluding steroid dienone is 4. The molecule has 0 bridgehead atoms. The first kappa shape index (κ1) is 26.3. The van der Waals surface area contributed by atoms with E-state index in [4.69, 9.17) is 0 Å². The van der Waals surface area contributed by atoms with Crippen molar-refractivity contribution >= 4 is 17.8 Å². The van der Waals surface area contributed by atoms with Crippen LogP contribution >= 0.6 is 11.8 Å². The van der Waals surface area contributed by atoms with Gasteiger partial charge < -0.3 is 20.6 Å². The summed E-state index contributed by atoms with van der Waals surface area (Å²) in [6.45, 7) is 10.4. The highest BCUT2D eigenvalue weighted by atomic mass is 32.2. The molecular formula is C22H39N3O2S. The second-order valence-electron chi connectivity index (χ2n) is 6.90. The van der Waals surface area contributed by atoms with E-state index in [-0.39, 0.29) is 18.1 Å². The Morgan fingerprint density at radius 3 is 2.54 bits per heavy atom. The quantitative estimate of drug-likeness (QED) is 0.444. The lowest BCUT2D eigenvalue weighted by molar-refractivity contribution is 0.229. The lowest BCUT2D eigenvalue weighted by Gasteiger charge is -2.27. The molecular weight excluding hydrogens is 370 g/mol. The summed E-state index contributed by atoms with van der Waals surface area (Å²) in [5, 5.41) is 17.5. The molecule has 0 saturated carbocycles. The number of hydrogen-bond donors (Lipinski definition) is 3. The molecule has 2 atom stereocenters. The average Bonchev–Trinajstić information content (AvgIpc) is 2.67. The van der Waals surface area contributed by atoms with Crippen molar-refractivity contribution in [2.75, 3.05) is 26.9 Å². The molecule has 0 fully saturated rings. The maximum Gasteiger partial charge on any atom is 0.315 e. The van der Waals surface area contributed by atoms with E-state index in [0.717, 1.165) is 24.8 Å². The van der Waals surface area contributed by atoms with Gasteiger partial charge in [-0.05, 0) is 63.6 Å². The Morgan fingerprint density at radius 2 is 2.04 bits per heavy atom. The molecule has 6 heteroatoms. The lowest BCUT2D eigenvalue weighted by Crippen LogP contribution is -2.46. The van der Waals surface area contributed by atoms with Crippen molar-refractivity contribution in [3.05, 3.63) is 47.1 Å². The summed E-state index contributed by atoms with van der Waals surface area (Å²) in [6, 6.07) is 0.113. The van der Waals surface area contributed by atoms with E-state index >= 15 is 0 Å². The number of thioether (sulfide) groups is 1. The lowest BCUT2D eigenvalue weighted by atomic mass is 9.96. The predicted molar refractivity (Wildman–Crippen MR) is 124 cm³/mol. The molecule has 5 nitrogen and oxygen atoms in total. The van der Waals surface area contributed by atoms with Gasteiger partial charge in [-0.3, -0.25) is 0 Å². The highest BCUT2D eigenvalue weighted by Crippen LogP contribution is 2.21. The van der Waals surface area contributed by atoms with Crippen LogP contribution in [0.2, 0.25) is 0 Å². The zero-order valence-electron chi connectivity index (χ0n) is 18.4. The number of aliphatic hydroxyl groups excluding tert-OH is 1. The summed E-state index contributed by atoms with van der Waals surface area (Å²) in [6.07, 6.45) is 10.8. The van der Waals surface area contributed by atoms with Crippen molar-refractivity contribution in [1.29, 1.82) is 0 Å². The number of likely N-dealkylation sites (N-methyl/N-ethyl adjacent to an activating group) is 1. The molecule has 0 spiro atoms. The molecule has 1 rings (SSSR count). The van der Waals surface area contributed by atoms with Gasteiger partial charge in [0.1, 0.15) is 0 Å². The third-order valence-electron chi connectivity index (χ3n) is 4.39. The van der Waals surface area contributed by atoms with Crippen molar-refractivity contribution < 1.29 is 9.90 Å². The maximum absolute atomic E-state index is 12.2. The fourth-order valence-corrected chi connectivity index (χ4v) is 3.30. The van der Waals surface area contributed by atoms with Gasteiger partial charge in [0.25, 0.3) is 0 Å². The van der Waals surface area contributed by atoms with Crippen molar-refractivity contribution in [2.45, 2.75) is 58.5 Å². The normalized spacial score (nSPS) is 16.2. The van der Waals surface area contributed by atoms with Gasteiger partial charge in [0.2, 0.25) is 0 Å². The third-order valence-corrected chi connectivity index (χ3v) is 4.93. The van der Waals surface area contributed by atoms with E-state index in [9.17, 15) is 9.90 Å². The minimum atomic E-state index is -0.146. The van der Waals surface area contributed by atoms with Crippen molar-refractivity contribution in [2.24, 2.45) is 0 Å². The predicted octanol–water partition coefficient (Wildman–Crippen LogP) is 5.01. The molecule has 0 aromatic rings. The Morgan fingerprint density at radius 1 is 1.36 bits per heavy atom. The van der Waals surface area contributed by atoms with Crippen LogP contribution in [0.4, 0.5) is 4.79 Å². The van der Waals surface area contributed by atoms with Gasteiger partial charge in [-0.2, -0.15) is 0 Å². The number of amides is 2. The first-order chi connectivity index (χ1) is 13.3. The highest BCUT2D eigenvalue weighted by molar-refractivity contribution is 8.01. The largest absolute Gasteiger partial charge is 0.512 e. The third kappa shape index (κ3) is 11.2. The summed E-state index contributed by atoms with van der Waals surface area (Å²) >= 11 is 1.64. The van der Waals surface area contributed by atoms with E-state index in [0.29, 0.717) is 18.7 Å². The monoisotopic (exact) mass is 409 g/mol. The molecule has 0 radical (unpaired) electrons. The van der Waals surface area contributed by atoms with E-state index < -0.39 is 0 Å². The number of nitrogens with one attached hydrogen (secondary N) is 2. The van der Waals surface area contributed by atoms with E-state index in [2.05, 4.69) is 27.5 Å². The van der Waals surface area contributed by atoms with Gasteiger partial charge in [-0.15, -0.1) is 11.8 Å². The fourth-order valence-electron chi connectivity index (χ4n) is 2.80. The standard InChI is InChI=1S/C20H33N3O2S.C2H6/c1-6-16(14-26-5)11-15(2)22-20(25)21-13-18(23(3)4)12-17-7-9-19(24)10-8-17;1-2/h6-7,9,14-15,18,24H,1,8,10-13H2,2-5H3,(H2,21,22,25);1-2H3/b16-14+;/t15-,18?;/m1./s1. The van der Waals surface area contributed by atoms with Gasteiger partial charge in [-0.25, -0.2) is 4.79 Å². The molecule has 0 aliphatic heterocycles. The van der Waals surface area contributed by atoms with E-state index in [1.165, 1.54) is 5.57 Å². The highest BCUT2D eigenvalue weighted by Gasteiger charge is 2.17. The average molecular weight is 410 g/mol. The van der Waals surface area contributed by atoms with E-state index in [1.807, 2.05) is 53.3 Å². The van der Waals surface area contributed by atoms with Crippen LogP contribution in [0.1, 0.15) is 46.5 Å².